The monoisotopic (exact) mass is 524 g/mol. The Bertz CT molecular complexity index is 1560. The molecule has 12 heteroatoms. The number of carbonyl (C=O) groups is 2. The summed E-state index contributed by atoms with van der Waals surface area (Å²) in [6.07, 6.45) is -1.22. The Balaban J connectivity index is 1.57. The van der Waals surface area contributed by atoms with Crippen LogP contribution in [0.5, 0.6) is 0 Å². The molecule has 1 saturated carbocycles. The average Bonchev–Trinajstić information content (AvgIpc) is 3.59. The summed E-state index contributed by atoms with van der Waals surface area (Å²) >= 11 is 0. The smallest absolute Gasteiger partial charge is 0.369 e. The summed E-state index contributed by atoms with van der Waals surface area (Å²) in [5.74, 6) is -2.75. The topological polar surface area (TPSA) is 116 Å². The zero-order valence-electron chi connectivity index (χ0n) is 19.9. The number of nitrogens with zero attached hydrogens (tertiary/aromatic N) is 4. The van der Waals surface area contributed by atoms with Gasteiger partial charge in [-0.3, -0.25) is 14.3 Å². The van der Waals surface area contributed by atoms with Crippen molar-refractivity contribution in [2.24, 2.45) is 12.8 Å². The highest BCUT2D eigenvalue weighted by molar-refractivity contribution is 6.07. The SMILES string of the molecule is Cn1ccc(-c2cc(C(=O)Nc3cnc(C4(C(N)=O)CC4)nc3-c3ccccc3)c(F)cc2C(F)(F)F)n1. The van der Waals surface area contributed by atoms with Gasteiger partial charge in [-0.15, -0.1) is 0 Å². The van der Waals surface area contributed by atoms with Crippen molar-refractivity contribution < 1.29 is 27.2 Å². The molecule has 0 spiro atoms. The zero-order chi connectivity index (χ0) is 27.2. The van der Waals surface area contributed by atoms with E-state index < -0.39 is 45.9 Å². The van der Waals surface area contributed by atoms with Gasteiger partial charge in [0.05, 0.1) is 34.4 Å². The molecule has 5 rings (SSSR count). The van der Waals surface area contributed by atoms with Crippen LogP contribution in [-0.4, -0.2) is 31.6 Å². The van der Waals surface area contributed by atoms with Crippen LogP contribution in [0, 0.1) is 5.82 Å². The first-order chi connectivity index (χ1) is 18.0. The second-order valence-corrected chi connectivity index (χ2v) is 8.97. The Kier molecular flexibility index (Phi) is 5.97. The van der Waals surface area contributed by atoms with Gasteiger partial charge in [0.15, 0.2) is 0 Å². The lowest BCUT2D eigenvalue weighted by molar-refractivity contribution is -0.137. The first-order valence-corrected chi connectivity index (χ1v) is 11.4. The van der Waals surface area contributed by atoms with Crippen molar-refractivity contribution in [3.63, 3.8) is 0 Å². The maximum absolute atomic E-state index is 14.9. The number of aromatic nitrogens is 4. The van der Waals surface area contributed by atoms with Crippen LogP contribution in [0.4, 0.5) is 23.2 Å². The standard InChI is InChI=1S/C26H20F4N6O2/c1-36-10-7-19(35-36)15-11-16(18(27)12-17(15)26(28,29)30)22(37)33-20-13-32-24(25(8-9-25)23(31)38)34-21(20)14-5-3-2-4-6-14/h2-7,10-13H,8-9H2,1H3,(H2,31,38)(H,33,37). The number of halogens is 4. The molecule has 2 aromatic carbocycles. The van der Waals surface area contributed by atoms with Gasteiger partial charge in [-0.2, -0.15) is 18.3 Å². The molecule has 1 fully saturated rings. The maximum Gasteiger partial charge on any atom is 0.417 e. The number of anilines is 1. The minimum Gasteiger partial charge on any atom is -0.369 e. The Morgan fingerprint density at radius 1 is 1.11 bits per heavy atom. The fraction of sp³-hybridized carbons (Fsp3) is 0.192. The van der Waals surface area contributed by atoms with E-state index in [1.54, 1.807) is 30.3 Å². The van der Waals surface area contributed by atoms with Crippen molar-refractivity contribution in [2.45, 2.75) is 24.4 Å². The van der Waals surface area contributed by atoms with E-state index in [0.29, 0.717) is 18.4 Å². The van der Waals surface area contributed by atoms with Crippen LogP contribution in [0.3, 0.4) is 0 Å². The molecule has 0 saturated heterocycles. The Morgan fingerprint density at radius 2 is 1.82 bits per heavy atom. The van der Waals surface area contributed by atoms with Crippen molar-refractivity contribution in [2.75, 3.05) is 5.32 Å². The molecule has 0 unspecified atom stereocenters. The quantitative estimate of drug-likeness (QED) is 0.361. The van der Waals surface area contributed by atoms with Crippen LogP contribution in [0.1, 0.15) is 34.6 Å². The number of alkyl halides is 3. The third kappa shape index (κ3) is 4.49. The van der Waals surface area contributed by atoms with Crippen LogP contribution >= 0.6 is 0 Å². The molecule has 2 heterocycles. The zero-order valence-corrected chi connectivity index (χ0v) is 19.9. The van der Waals surface area contributed by atoms with E-state index in [-0.39, 0.29) is 29.0 Å². The predicted octanol–water partition coefficient (Wildman–Crippen LogP) is 4.47. The number of aryl methyl sites for hydroxylation is 1. The molecule has 3 N–H and O–H groups in total. The molecule has 0 radical (unpaired) electrons. The van der Waals surface area contributed by atoms with Crippen LogP contribution in [0.25, 0.3) is 22.5 Å². The van der Waals surface area contributed by atoms with E-state index in [4.69, 9.17) is 5.73 Å². The van der Waals surface area contributed by atoms with Crippen LogP contribution < -0.4 is 11.1 Å². The number of hydrogen-bond donors (Lipinski definition) is 2. The molecule has 0 aliphatic heterocycles. The molecule has 1 aliphatic rings. The maximum atomic E-state index is 14.9. The van der Waals surface area contributed by atoms with Gasteiger partial charge in [-0.05, 0) is 31.0 Å². The Morgan fingerprint density at radius 3 is 2.39 bits per heavy atom. The first kappa shape index (κ1) is 25.1. The normalized spacial score (nSPS) is 14.2. The largest absolute Gasteiger partial charge is 0.417 e. The van der Waals surface area contributed by atoms with E-state index in [9.17, 15) is 27.2 Å². The van der Waals surface area contributed by atoms with Gasteiger partial charge in [-0.25, -0.2) is 14.4 Å². The molecule has 1 aliphatic carbocycles. The first-order valence-electron chi connectivity index (χ1n) is 11.4. The summed E-state index contributed by atoms with van der Waals surface area (Å²) in [6, 6.07) is 11.1. The molecular formula is C26H20F4N6O2. The van der Waals surface area contributed by atoms with E-state index in [1.165, 1.54) is 30.2 Å². The minimum atomic E-state index is -4.88. The fourth-order valence-corrected chi connectivity index (χ4v) is 4.17. The number of benzene rings is 2. The van der Waals surface area contributed by atoms with Gasteiger partial charge in [0, 0.05) is 24.4 Å². The summed E-state index contributed by atoms with van der Waals surface area (Å²) in [7, 11) is 1.52. The molecule has 2 amide bonds. The second-order valence-electron chi connectivity index (χ2n) is 8.97. The summed E-state index contributed by atoms with van der Waals surface area (Å²) in [4.78, 5) is 33.9. The van der Waals surface area contributed by atoms with Crippen molar-refractivity contribution in [1.82, 2.24) is 19.7 Å². The third-order valence-corrected chi connectivity index (χ3v) is 6.38. The van der Waals surface area contributed by atoms with Crippen LogP contribution in [0.2, 0.25) is 0 Å². The lowest BCUT2D eigenvalue weighted by atomic mass is 9.99. The van der Waals surface area contributed by atoms with Crippen molar-refractivity contribution in [1.29, 1.82) is 0 Å². The van der Waals surface area contributed by atoms with Crippen molar-refractivity contribution >= 4 is 17.5 Å². The highest BCUT2D eigenvalue weighted by Gasteiger charge is 2.53. The molecule has 194 valence electrons. The summed E-state index contributed by atoms with van der Waals surface area (Å²) in [5.41, 5.74) is 3.03. The van der Waals surface area contributed by atoms with Gasteiger partial charge in [0.1, 0.15) is 17.1 Å². The van der Waals surface area contributed by atoms with Gasteiger partial charge in [0.2, 0.25) is 5.91 Å². The molecule has 0 bridgehead atoms. The summed E-state index contributed by atoms with van der Waals surface area (Å²) in [5, 5.41) is 6.49. The van der Waals surface area contributed by atoms with E-state index in [1.807, 2.05) is 0 Å². The number of hydrogen-bond acceptors (Lipinski definition) is 5. The Hall–Kier alpha value is -4.61. The molecule has 38 heavy (non-hydrogen) atoms. The van der Waals surface area contributed by atoms with Gasteiger partial charge in [-0.1, -0.05) is 30.3 Å². The lowest BCUT2D eigenvalue weighted by Gasteiger charge is -2.16. The van der Waals surface area contributed by atoms with E-state index >= 15 is 0 Å². The average molecular weight is 524 g/mol. The highest BCUT2D eigenvalue weighted by atomic mass is 19.4. The minimum absolute atomic E-state index is 0.0731. The number of primary amides is 1. The van der Waals surface area contributed by atoms with Crippen molar-refractivity contribution in [3.05, 3.63) is 83.7 Å². The van der Waals surface area contributed by atoms with Crippen LogP contribution in [0.15, 0.2) is 60.9 Å². The van der Waals surface area contributed by atoms with Gasteiger partial charge < -0.3 is 11.1 Å². The molecular weight excluding hydrogens is 504 g/mol. The number of rotatable bonds is 6. The Labute approximate surface area is 213 Å². The molecule has 4 aromatic rings. The number of amides is 2. The van der Waals surface area contributed by atoms with Crippen LogP contribution in [-0.2, 0) is 23.4 Å². The number of nitrogens with one attached hydrogen (secondary N) is 1. The van der Waals surface area contributed by atoms with E-state index in [2.05, 4.69) is 20.4 Å². The van der Waals surface area contributed by atoms with E-state index in [0.717, 1.165) is 6.07 Å². The van der Waals surface area contributed by atoms with Gasteiger partial charge in [0.25, 0.3) is 5.91 Å². The molecule has 8 nitrogen and oxygen atoms in total. The fourth-order valence-electron chi connectivity index (χ4n) is 4.17. The molecule has 0 atom stereocenters. The lowest BCUT2D eigenvalue weighted by Crippen LogP contribution is -2.30. The van der Waals surface area contributed by atoms with Gasteiger partial charge >= 0.3 is 6.18 Å². The summed E-state index contributed by atoms with van der Waals surface area (Å²) in [6.45, 7) is 0. The number of carbonyl (C=O) groups excluding carboxylic acids is 2. The number of nitrogens with two attached hydrogens (primary N) is 1. The second kappa shape index (κ2) is 9.05. The highest BCUT2D eigenvalue weighted by Crippen LogP contribution is 2.47. The predicted molar refractivity (Wildman–Crippen MR) is 129 cm³/mol. The van der Waals surface area contributed by atoms with Crippen molar-refractivity contribution in [3.8, 4) is 22.5 Å². The third-order valence-electron chi connectivity index (χ3n) is 6.38. The molecule has 2 aromatic heterocycles. The summed E-state index contributed by atoms with van der Waals surface area (Å²) < 4.78 is 57.3.